The Kier molecular flexibility index (Phi) is 4.86. The number of methoxy groups -OCH3 is 1. The summed E-state index contributed by atoms with van der Waals surface area (Å²) in [5.74, 6) is -0.273. The predicted octanol–water partition coefficient (Wildman–Crippen LogP) is 1.36. The van der Waals surface area contributed by atoms with E-state index in [0.29, 0.717) is 6.42 Å². The first-order chi connectivity index (χ1) is 5.11. The Morgan fingerprint density at radius 3 is 2.27 bits per heavy atom. The van der Waals surface area contributed by atoms with Crippen LogP contribution >= 0.6 is 0 Å². The summed E-state index contributed by atoms with van der Waals surface area (Å²) in [5.41, 5.74) is 0. The Bertz CT molecular complexity index is 117. The van der Waals surface area contributed by atoms with Gasteiger partial charge in [0.15, 0.2) is 6.10 Å². The highest BCUT2D eigenvalue weighted by Crippen LogP contribution is 2.01. The molecule has 3 heteroatoms. The van der Waals surface area contributed by atoms with E-state index >= 15 is 0 Å². The van der Waals surface area contributed by atoms with Crippen molar-refractivity contribution >= 4 is 5.97 Å². The van der Waals surface area contributed by atoms with Gasteiger partial charge < -0.3 is 9.47 Å². The van der Waals surface area contributed by atoms with Gasteiger partial charge in [0.25, 0.3) is 0 Å². The topological polar surface area (TPSA) is 35.5 Å². The van der Waals surface area contributed by atoms with E-state index < -0.39 is 6.10 Å². The van der Waals surface area contributed by atoms with Crippen molar-refractivity contribution in [3.63, 3.8) is 0 Å². The first-order valence-electron chi connectivity index (χ1n) is 3.85. The summed E-state index contributed by atoms with van der Waals surface area (Å²) in [7, 11) is 1.51. The quantitative estimate of drug-likeness (QED) is 0.582. The maximum absolute atomic E-state index is 11.1. The van der Waals surface area contributed by atoms with Crippen molar-refractivity contribution < 1.29 is 14.3 Å². The molecule has 0 aromatic rings. The molecule has 3 nitrogen and oxygen atoms in total. The molecule has 1 atom stereocenters. The van der Waals surface area contributed by atoms with E-state index in [0.717, 1.165) is 0 Å². The minimum Gasteiger partial charge on any atom is -0.461 e. The van der Waals surface area contributed by atoms with Crippen LogP contribution in [0.25, 0.3) is 0 Å². The van der Waals surface area contributed by atoms with Gasteiger partial charge in [-0.2, -0.15) is 0 Å². The Labute approximate surface area is 67.7 Å². The first-order valence-corrected chi connectivity index (χ1v) is 3.85. The number of hydrogen-bond acceptors (Lipinski definition) is 3. The summed E-state index contributed by atoms with van der Waals surface area (Å²) in [6.45, 7) is 5.52. The molecule has 0 saturated heterocycles. The van der Waals surface area contributed by atoms with Crippen LogP contribution in [0.5, 0.6) is 0 Å². The largest absolute Gasteiger partial charge is 0.461 e. The summed E-state index contributed by atoms with van der Waals surface area (Å²) < 4.78 is 9.82. The third-order valence-corrected chi connectivity index (χ3v) is 1.27. The average Bonchev–Trinajstić information content (AvgIpc) is 1.88. The molecule has 0 bridgehead atoms. The van der Waals surface area contributed by atoms with Crippen molar-refractivity contribution in [2.24, 2.45) is 0 Å². The SMILES string of the molecule is CCC(OC)C(=O)OC(C)C. The molecule has 0 aliphatic heterocycles. The van der Waals surface area contributed by atoms with Crippen LogP contribution in [0.2, 0.25) is 0 Å². The molecule has 0 amide bonds. The molecular weight excluding hydrogens is 144 g/mol. The van der Waals surface area contributed by atoms with Crippen LogP contribution in [0.4, 0.5) is 0 Å². The molecule has 0 rings (SSSR count). The molecule has 11 heavy (non-hydrogen) atoms. The zero-order valence-electron chi connectivity index (χ0n) is 7.59. The fourth-order valence-electron chi connectivity index (χ4n) is 0.738. The predicted molar refractivity (Wildman–Crippen MR) is 42.3 cm³/mol. The highest BCUT2D eigenvalue weighted by Gasteiger charge is 2.17. The number of carbonyl (C=O) groups is 1. The van der Waals surface area contributed by atoms with Gasteiger partial charge in [0, 0.05) is 7.11 Å². The van der Waals surface area contributed by atoms with E-state index in [-0.39, 0.29) is 12.1 Å². The fraction of sp³-hybridized carbons (Fsp3) is 0.875. The summed E-state index contributed by atoms with van der Waals surface area (Å²) >= 11 is 0. The molecule has 0 heterocycles. The highest BCUT2D eigenvalue weighted by molar-refractivity contribution is 5.74. The maximum atomic E-state index is 11.1. The van der Waals surface area contributed by atoms with Crippen molar-refractivity contribution in [3.05, 3.63) is 0 Å². The molecule has 0 saturated carbocycles. The van der Waals surface area contributed by atoms with Gasteiger partial charge in [-0.1, -0.05) is 6.92 Å². The Morgan fingerprint density at radius 1 is 1.45 bits per heavy atom. The summed E-state index contributed by atoms with van der Waals surface area (Å²) in [6, 6.07) is 0. The molecule has 0 fully saturated rings. The van der Waals surface area contributed by atoms with E-state index in [1.54, 1.807) is 0 Å². The molecule has 0 spiro atoms. The van der Waals surface area contributed by atoms with E-state index in [2.05, 4.69) is 0 Å². The lowest BCUT2D eigenvalue weighted by atomic mass is 10.3. The molecule has 0 aromatic carbocycles. The van der Waals surface area contributed by atoms with Crippen LogP contribution in [0.1, 0.15) is 27.2 Å². The van der Waals surface area contributed by atoms with Crippen LogP contribution in [0.15, 0.2) is 0 Å². The van der Waals surface area contributed by atoms with Gasteiger partial charge in [0.2, 0.25) is 0 Å². The van der Waals surface area contributed by atoms with Crippen LogP contribution in [0.3, 0.4) is 0 Å². The van der Waals surface area contributed by atoms with Crippen LogP contribution < -0.4 is 0 Å². The smallest absolute Gasteiger partial charge is 0.335 e. The lowest BCUT2D eigenvalue weighted by Gasteiger charge is -2.14. The van der Waals surface area contributed by atoms with E-state index in [9.17, 15) is 4.79 Å². The van der Waals surface area contributed by atoms with Crippen molar-refractivity contribution in [3.8, 4) is 0 Å². The third-order valence-electron chi connectivity index (χ3n) is 1.27. The molecule has 0 aliphatic carbocycles. The minimum atomic E-state index is -0.405. The lowest BCUT2D eigenvalue weighted by molar-refractivity contribution is -0.159. The number of ether oxygens (including phenoxy) is 2. The van der Waals surface area contributed by atoms with Crippen molar-refractivity contribution in [2.45, 2.75) is 39.4 Å². The zero-order valence-corrected chi connectivity index (χ0v) is 7.59. The second-order valence-electron chi connectivity index (χ2n) is 2.62. The Hall–Kier alpha value is -0.570. The highest BCUT2D eigenvalue weighted by atomic mass is 16.6. The van der Waals surface area contributed by atoms with Gasteiger partial charge in [0.1, 0.15) is 0 Å². The minimum absolute atomic E-state index is 0.0632. The van der Waals surface area contributed by atoms with Gasteiger partial charge in [0.05, 0.1) is 6.10 Å². The lowest BCUT2D eigenvalue weighted by Crippen LogP contribution is -2.26. The van der Waals surface area contributed by atoms with Crippen LogP contribution in [-0.2, 0) is 14.3 Å². The number of hydrogen-bond donors (Lipinski definition) is 0. The van der Waals surface area contributed by atoms with Crippen LogP contribution in [0, 0.1) is 0 Å². The van der Waals surface area contributed by atoms with Gasteiger partial charge >= 0.3 is 5.97 Å². The molecule has 66 valence electrons. The summed E-state index contributed by atoms with van der Waals surface area (Å²) in [6.07, 6.45) is 0.186. The van der Waals surface area contributed by atoms with Crippen molar-refractivity contribution in [2.75, 3.05) is 7.11 Å². The average molecular weight is 160 g/mol. The first kappa shape index (κ1) is 10.4. The second kappa shape index (κ2) is 5.13. The standard InChI is InChI=1S/C8H16O3/c1-5-7(10-4)8(9)11-6(2)3/h6-7H,5H2,1-4H3. The third kappa shape index (κ3) is 3.98. The van der Waals surface area contributed by atoms with Crippen molar-refractivity contribution in [1.29, 1.82) is 0 Å². The van der Waals surface area contributed by atoms with Gasteiger partial charge in [-0.3, -0.25) is 0 Å². The molecular formula is C8H16O3. The number of esters is 1. The van der Waals surface area contributed by atoms with E-state index in [1.807, 2.05) is 20.8 Å². The number of rotatable bonds is 4. The maximum Gasteiger partial charge on any atom is 0.335 e. The summed E-state index contributed by atoms with van der Waals surface area (Å²) in [4.78, 5) is 11.1. The molecule has 1 unspecified atom stereocenters. The van der Waals surface area contributed by atoms with Gasteiger partial charge in [-0.25, -0.2) is 4.79 Å². The number of carbonyl (C=O) groups excluding carboxylic acids is 1. The van der Waals surface area contributed by atoms with E-state index in [1.165, 1.54) is 7.11 Å². The van der Waals surface area contributed by atoms with Crippen LogP contribution in [-0.4, -0.2) is 25.3 Å². The molecule has 0 radical (unpaired) electrons. The molecule has 0 aromatic heterocycles. The van der Waals surface area contributed by atoms with E-state index in [4.69, 9.17) is 9.47 Å². The monoisotopic (exact) mass is 160 g/mol. The molecule has 0 N–H and O–H groups in total. The van der Waals surface area contributed by atoms with Crippen molar-refractivity contribution in [1.82, 2.24) is 0 Å². The fourth-order valence-corrected chi connectivity index (χ4v) is 0.738. The zero-order chi connectivity index (χ0) is 8.85. The normalized spacial score (nSPS) is 13.2. The molecule has 0 aliphatic rings. The Morgan fingerprint density at radius 2 is 2.00 bits per heavy atom. The van der Waals surface area contributed by atoms with Gasteiger partial charge in [-0.15, -0.1) is 0 Å². The second-order valence-corrected chi connectivity index (χ2v) is 2.62. The Balaban J connectivity index is 3.79. The van der Waals surface area contributed by atoms with Gasteiger partial charge in [-0.05, 0) is 20.3 Å². The summed E-state index contributed by atoms with van der Waals surface area (Å²) in [5, 5.41) is 0.